The van der Waals surface area contributed by atoms with Gasteiger partial charge in [0.1, 0.15) is 5.75 Å². The third-order valence-electron chi connectivity index (χ3n) is 11.3. The van der Waals surface area contributed by atoms with Gasteiger partial charge in [0.25, 0.3) is 0 Å². The summed E-state index contributed by atoms with van der Waals surface area (Å²) in [5.74, 6) is 1.05. The first-order chi connectivity index (χ1) is 27.6. The molecular formula is C44H59Cl2N5O6. The molecule has 3 N–H and O–H groups in total. The number of benzene rings is 2. The molecule has 0 unspecified atom stereocenters. The number of ether oxygens (including phenoxy) is 2. The van der Waals surface area contributed by atoms with E-state index < -0.39 is 11.7 Å². The fourth-order valence-corrected chi connectivity index (χ4v) is 7.89. The lowest BCUT2D eigenvalue weighted by Gasteiger charge is -2.35. The summed E-state index contributed by atoms with van der Waals surface area (Å²) in [5.41, 5.74) is 4.59. The molecule has 57 heavy (non-hydrogen) atoms. The first-order valence-electron chi connectivity index (χ1n) is 20.7. The van der Waals surface area contributed by atoms with E-state index in [0.717, 1.165) is 124 Å². The van der Waals surface area contributed by atoms with Gasteiger partial charge < -0.3 is 29.9 Å². The van der Waals surface area contributed by atoms with E-state index in [9.17, 15) is 14.7 Å². The number of pyridine rings is 1. The van der Waals surface area contributed by atoms with Crippen molar-refractivity contribution in [2.45, 2.75) is 95.0 Å². The van der Waals surface area contributed by atoms with Crippen molar-refractivity contribution in [1.29, 1.82) is 0 Å². The van der Waals surface area contributed by atoms with Crippen LogP contribution in [0.15, 0.2) is 54.9 Å². The second-order valence-corrected chi connectivity index (χ2v) is 16.7. The molecule has 2 aromatic carbocycles. The fraction of sp³-hybridized carbons (Fsp3) is 0.568. The molecule has 13 heteroatoms. The highest BCUT2D eigenvalue weighted by Crippen LogP contribution is 2.53. The number of hydrogen-bond donors (Lipinski definition) is 3. The van der Waals surface area contributed by atoms with Crippen LogP contribution < -0.4 is 10.1 Å². The standard InChI is InChI=1S/C44H59Cl2N5O6/c1-49(20-7-6-9-34(53)30-52)43(55)29-51-24-22-50(23-25-51)21-19-48-42(54)12-5-2-8-32-26-40(46)33(27-39(32)45)31-56-44(16-17-44)38-28-47-18-15-36(38)37-10-3-4-11-41(37)57-35-13-14-35/h3-4,10-11,15,18,26-28,34-35,52-53H,2,5-9,12-14,16-17,19-25,29-31H2,1H3,(H,48,54)/t34-/m0/s1. The van der Waals surface area contributed by atoms with E-state index in [1.165, 1.54) is 0 Å². The third kappa shape index (κ3) is 12.8. The van der Waals surface area contributed by atoms with Crippen molar-refractivity contribution in [3.8, 4) is 16.9 Å². The molecule has 1 atom stereocenters. The summed E-state index contributed by atoms with van der Waals surface area (Å²) in [6.07, 6.45) is 12.2. The highest BCUT2D eigenvalue weighted by molar-refractivity contribution is 6.34. The van der Waals surface area contributed by atoms with Crippen molar-refractivity contribution >= 4 is 35.0 Å². The van der Waals surface area contributed by atoms with Gasteiger partial charge in [0, 0.05) is 92.8 Å². The van der Waals surface area contributed by atoms with E-state index in [0.29, 0.717) is 55.2 Å². The summed E-state index contributed by atoms with van der Waals surface area (Å²) in [7, 11) is 1.82. The average Bonchev–Trinajstić information content (AvgIpc) is 4.17. The largest absolute Gasteiger partial charge is 0.490 e. The quantitative estimate of drug-likeness (QED) is 0.0955. The number of amides is 2. The van der Waals surface area contributed by atoms with Crippen LogP contribution in [0.2, 0.25) is 10.0 Å². The zero-order chi connectivity index (χ0) is 40.2. The monoisotopic (exact) mass is 823 g/mol. The molecule has 2 amide bonds. The molecule has 1 saturated heterocycles. The van der Waals surface area contributed by atoms with E-state index in [1.54, 1.807) is 4.90 Å². The Kier molecular flexibility index (Phi) is 16.0. The van der Waals surface area contributed by atoms with Gasteiger partial charge in [0.15, 0.2) is 0 Å². The van der Waals surface area contributed by atoms with Gasteiger partial charge in [0.2, 0.25) is 11.8 Å². The molecule has 3 aliphatic rings. The molecule has 1 aliphatic heterocycles. The molecule has 2 heterocycles. The van der Waals surface area contributed by atoms with Gasteiger partial charge in [-0.25, -0.2) is 0 Å². The van der Waals surface area contributed by atoms with Crippen LogP contribution >= 0.6 is 23.2 Å². The molecule has 0 radical (unpaired) electrons. The number of likely N-dealkylation sites (N-methyl/N-ethyl adjacent to an activating group) is 1. The number of halogens is 2. The molecule has 2 aliphatic carbocycles. The minimum absolute atomic E-state index is 0.0504. The second kappa shape index (κ2) is 21.1. The van der Waals surface area contributed by atoms with E-state index >= 15 is 0 Å². The minimum atomic E-state index is -0.679. The van der Waals surface area contributed by atoms with Crippen LogP contribution in [-0.2, 0) is 33.0 Å². The van der Waals surface area contributed by atoms with Crippen LogP contribution in [0.1, 0.15) is 80.9 Å². The van der Waals surface area contributed by atoms with Crippen molar-refractivity contribution < 1.29 is 29.3 Å². The molecule has 0 bridgehead atoms. The predicted octanol–water partition coefficient (Wildman–Crippen LogP) is 6.23. The van der Waals surface area contributed by atoms with Gasteiger partial charge in [-0.1, -0.05) is 41.4 Å². The first-order valence-corrected chi connectivity index (χ1v) is 21.5. The smallest absolute Gasteiger partial charge is 0.236 e. The lowest BCUT2D eigenvalue weighted by atomic mass is 9.96. The SMILES string of the molecule is CN(CCCC[C@H](O)CO)C(=O)CN1CCN(CCNC(=O)CCCCc2cc(Cl)c(COC3(c4cnccc4-c4ccccc4OC4CC4)CC3)cc2Cl)CC1. The summed E-state index contributed by atoms with van der Waals surface area (Å²) < 4.78 is 12.9. The van der Waals surface area contributed by atoms with Crippen LogP contribution in [0.5, 0.6) is 5.75 Å². The van der Waals surface area contributed by atoms with Crippen LogP contribution in [0, 0.1) is 0 Å². The van der Waals surface area contributed by atoms with Gasteiger partial charge in [-0.2, -0.15) is 0 Å². The highest BCUT2D eigenvalue weighted by atomic mass is 35.5. The first kappa shape index (κ1) is 43.3. The van der Waals surface area contributed by atoms with E-state index in [1.807, 2.05) is 55.8 Å². The molecule has 3 fully saturated rings. The zero-order valence-corrected chi connectivity index (χ0v) is 34.8. The normalized spacial score (nSPS) is 17.3. The molecule has 6 rings (SSSR count). The topological polar surface area (TPSA) is 128 Å². The zero-order valence-electron chi connectivity index (χ0n) is 33.3. The Balaban J connectivity index is 0.866. The summed E-state index contributed by atoms with van der Waals surface area (Å²) in [4.78, 5) is 36.0. The summed E-state index contributed by atoms with van der Waals surface area (Å²) >= 11 is 13.6. The maximum atomic E-state index is 12.6. The van der Waals surface area contributed by atoms with Crippen LogP contribution in [0.4, 0.5) is 0 Å². The second-order valence-electron chi connectivity index (χ2n) is 15.9. The Morgan fingerprint density at radius 2 is 1.72 bits per heavy atom. The number of unbranched alkanes of at least 4 members (excludes halogenated alkanes) is 2. The van der Waals surface area contributed by atoms with Gasteiger partial charge in [-0.05, 0) is 105 Å². The van der Waals surface area contributed by atoms with Crippen LogP contribution in [0.25, 0.3) is 11.1 Å². The Labute approximate surface area is 347 Å². The van der Waals surface area contributed by atoms with Crippen molar-refractivity contribution in [3.63, 3.8) is 0 Å². The molecule has 3 aromatic rings. The fourth-order valence-electron chi connectivity index (χ4n) is 7.37. The minimum Gasteiger partial charge on any atom is -0.490 e. The predicted molar refractivity (Wildman–Crippen MR) is 224 cm³/mol. The number of hydrogen-bond acceptors (Lipinski definition) is 9. The number of aliphatic hydroxyl groups is 2. The van der Waals surface area contributed by atoms with Crippen molar-refractivity contribution in [2.24, 2.45) is 0 Å². The number of para-hydroxylation sites is 1. The van der Waals surface area contributed by atoms with Crippen LogP contribution in [-0.4, -0.2) is 120 Å². The number of aliphatic hydroxyl groups excluding tert-OH is 2. The molecule has 310 valence electrons. The molecule has 2 saturated carbocycles. The third-order valence-corrected chi connectivity index (χ3v) is 12.0. The number of piperazine rings is 1. The Hall–Kier alpha value is -3.29. The van der Waals surface area contributed by atoms with Gasteiger partial charge in [-0.3, -0.25) is 24.4 Å². The number of carbonyl (C=O) groups excluding carboxylic acids is 2. The maximum absolute atomic E-state index is 12.6. The van der Waals surface area contributed by atoms with Gasteiger partial charge >= 0.3 is 0 Å². The lowest BCUT2D eigenvalue weighted by Crippen LogP contribution is -2.51. The molecule has 1 aromatic heterocycles. The van der Waals surface area contributed by atoms with Crippen molar-refractivity contribution in [2.75, 3.05) is 66.0 Å². The Morgan fingerprint density at radius 3 is 2.47 bits per heavy atom. The Morgan fingerprint density at radius 1 is 0.982 bits per heavy atom. The highest BCUT2D eigenvalue weighted by Gasteiger charge is 2.48. The summed E-state index contributed by atoms with van der Waals surface area (Å²) in [6, 6.07) is 14.1. The molecular weight excluding hydrogens is 765 g/mol. The number of rotatable bonds is 23. The van der Waals surface area contributed by atoms with Gasteiger partial charge in [-0.15, -0.1) is 0 Å². The average molecular weight is 825 g/mol. The molecule has 0 spiro atoms. The lowest BCUT2D eigenvalue weighted by molar-refractivity contribution is -0.131. The number of aryl methyl sites for hydroxylation is 1. The number of carbonyl (C=O) groups is 2. The maximum Gasteiger partial charge on any atom is 0.236 e. The number of nitrogens with zero attached hydrogens (tertiary/aromatic N) is 4. The number of nitrogens with one attached hydrogen (secondary N) is 1. The van der Waals surface area contributed by atoms with Crippen molar-refractivity contribution in [1.82, 2.24) is 25.0 Å². The van der Waals surface area contributed by atoms with Crippen molar-refractivity contribution in [3.05, 3.63) is 81.6 Å². The van der Waals surface area contributed by atoms with Gasteiger partial charge in [0.05, 0.1) is 37.6 Å². The summed E-state index contributed by atoms with van der Waals surface area (Å²) in [5, 5.41) is 22.7. The number of aromatic nitrogens is 1. The Bertz CT molecular complexity index is 1780. The summed E-state index contributed by atoms with van der Waals surface area (Å²) in [6.45, 7) is 5.89. The van der Waals surface area contributed by atoms with E-state index in [-0.39, 0.29) is 18.4 Å². The molecule has 11 nitrogen and oxygen atoms in total. The van der Waals surface area contributed by atoms with E-state index in [4.69, 9.17) is 37.8 Å². The van der Waals surface area contributed by atoms with Crippen LogP contribution in [0.3, 0.4) is 0 Å². The van der Waals surface area contributed by atoms with E-state index in [2.05, 4.69) is 26.2 Å².